The van der Waals surface area contributed by atoms with E-state index in [1.54, 1.807) is 69.1 Å². The molecule has 4 rings (SSSR count). The molecule has 2 aromatic carbocycles. The third kappa shape index (κ3) is 14.6. The van der Waals surface area contributed by atoms with Gasteiger partial charge in [0.2, 0.25) is 5.52 Å². The van der Waals surface area contributed by atoms with Gasteiger partial charge in [-0.3, -0.25) is 18.9 Å². The van der Waals surface area contributed by atoms with Crippen molar-refractivity contribution in [3.8, 4) is 0 Å². The quantitative estimate of drug-likeness (QED) is 0.0542. The van der Waals surface area contributed by atoms with E-state index in [0.717, 1.165) is 35.1 Å². The number of esters is 2. The monoisotopic (exact) mass is 941 g/mol. The third-order valence-corrected chi connectivity index (χ3v) is 17.5. The second-order valence-corrected chi connectivity index (χ2v) is 22.3. The summed E-state index contributed by atoms with van der Waals surface area (Å²) in [7, 11) is -5.74. The van der Waals surface area contributed by atoms with Crippen molar-refractivity contribution in [3.05, 3.63) is 123 Å². The average Bonchev–Trinajstić information content (AvgIpc) is 3.42. The van der Waals surface area contributed by atoms with Crippen LogP contribution in [0.3, 0.4) is 0 Å². The molecule has 15 heteroatoms. The highest BCUT2D eigenvalue weighted by Gasteiger charge is 2.51. The summed E-state index contributed by atoms with van der Waals surface area (Å²) in [5, 5.41) is 0.932. The predicted molar refractivity (Wildman–Crippen MR) is 257 cm³/mol. The lowest BCUT2D eigenvalue weighted by molar-refractivity contribution is -0.155. The van der Waals surface area contributed by atoms with E-state index in [0.29, 0.717) is 57.4 Å². The van der Waals surface area contributed by atoms with Crippen LogP contribution in [0.1, 0.15) is 88.2 Å². The number of methoxy groups -OCH3 is 1. The lowest BCUT2D eigenvalue weighted by atomic mass is 9.88. The van der Waals surface area contributed by atoms with Crippen molar-refractivity contribution >= 4 is 66.9 Å². The minimum atomic E-state index is -3.75. The second kappa shape index (κ2) is 25.4. The number of ether oxygens (including phenoxy) is 3. The highest BCUT2D eigenvalue weighted by Crippen LogP contribution is 2.60. The molecule has 2 aliphatic carbocycles. The van der Waals surface area contributed by atoms with Crippen LogP contribution in [0.2, 0.25) is 0 Å². The number of allylic oxidation sites excluding steroid dienone is 9. The van der Waals surface area contributed by atoms with E-state index < -0.39 is 37.5 Å². The molecule has 2 aliphatic rings. The fourth-order valence-electron chi connectivity index (χ4n) is 7.15. The van der Waals surface area contributed by atoms with Crippen LogP contribution in [0, 0.1) is 12.3 Å². The zero-order valence-electron chi connectivity index (χ0n) is 37.6. The second-order valence-electron chi connectivity index (χ2n) is 15.6. The molecule has 0 saturated carbocycles. The van der Waals surface area contributed by atoms with E-state index in [-0.39, 0.29) is 51.2 Å². The number of carbonyl (C=O) groups is 4. The molecule has 2 aromatic rings. The van der Waals surface area contributed by atoms with Crippen molar-refractivity contribution in [2.45, 2.75) is 79.4 Å². The molecule has 63 heavy (non-hydrogen) atoms. The fraction of sp³-hybridized carbons (Fsp3) is 0.458. The van der Waals surface area contributed by atoms with Gasteiger partial charge < -0.3 is 18.7 Å². The Bertz CT molecular complexity index is 2150. The maximum atomic E-state index is 14.0. The Morgan fingerprint density at radius 2 is 1.60 bits per heavy atom. The highest BCUT2D eigenvalue weighted by molar-refractivity contribution is 7.99. The molecule has 3 unspecified atom stereocenters. The fourth-order valence-corrected chi connectivity index (χ4v) is 12.9. The van der Waals surface area contributed by atoms with Crippen LogP contribution in [-0.4, -0.2) is 85.3 Å². The first kappa shape index (κ1) is 52.2. The molecule has 0 fully saturated rings. The Kier molecular flexibility index (Phi) is 21.0. The van der Waals surface area contributed by atoms with Crippen molar-refractivity contribution in [1.29, 1.82) is 0 Å². The van der Waals surface area contributed by atoms with Crippen molar-refractivity contribution < 1.29 is 51.9 Å². The highest BCUT2D eigenvalue weighted by atomic mass is 32.2. The molecule has 1 N–H and O–H groups in total. The summed E-state index contributed by atoms with van der Waals surface area (Å²) in [6.45, 7) is 11.7. The van der Waals surface area contributed by atoms with Gasteiger partial charge in [-0.15, -0.1) is 11.8 Å². The molecule has 0 amide bonds. The Morgan fingerprint density at radius 3 is 2.24 bits per heavy atom. The Labute approximate surface area is 382 Å². The molecule has 0 radical (unpaired) electrons. The number of hydrogen-bond acceptors (Lipinski definition) is 13. The number of rotatable bonds is 26. The lowest BCUT2D eigenvalue weighted by Crippen LogP contribution is -2.38. The van der Waals surface area contributed by atoms with Gasteiger partial charge in [0.15, 0.2) is 5.30 Å². The Morgan fingerprint density at radius 1 is 0.873 bits per heavy atom. The summed E-state index contributed by atoms with van der Waals surface area (Å²) in [6.07, 6.45) is 12.2. The largest absolute Gasteiger partial charge is 0.465 e. The number of thioether (sulfide) groups is 2. The summed E-state index contributed by atoms with van der Waals surface area (Å²) >= 11 is 2.96. The minimum absolute atomic E-state index is 0.0213. The summed E-state index contributed by atoms with van der Waals surface area (Å²) < 4.78 is 42.3. The van der Waals surface area contributed by atoms with Crippen LogP contribution in [0.5, 0.6) is 0 Å². The van der Waals surface area contributed by atoms with Crippen LogP contribution in [0.15, 0.2) is 107 Å². The minimum Gasteiger partial charge on any atom is -0.465 e. The normalized spacial score (nSPS) is 17.0. The number of benzene rings is 2. The van der Waals surface area contributed by atoms with Gasteiger partial charge in [0.25, 0.3) is 7.37 Å². The predicted octanol–water partition coefficient (Wildman–Crippen LogP) is 10.5. The van der Waals surface area contributed by atoms with Crippen LogP contribution >= 0.6 is 38.6 Å². The maximum absolute atomic E-state index is 14.0. The average molecular weight is 942 g/mol. The van der Waals surface area contributed by atoms with Gasteiger partial charge in [0.1, 0.15) is 13.2 Å². The van der Waals surface area contributed by atoms with Gasteiger partial charge in [-0.2, -0.15) is 16.3 Å². The van der Waals surface area contributed by atoms with Crippen LogP contribution < -0.4 is 5.30 Å². The van der Waals surface area contributed by atoms with E-state index in [9.17, 15) is 28.6 Å². The zero-order chi connectivity index (χ0) is 46.0. The molecule has 0 heterocycles. The Hall–Kier alpha value is -3.38. The van der Waals surface area contributed by atoms with Gasteiger partial charge in [-0.05, 0) is 101 Å². The van der Waals surface area contributed by atoms with E-state index >= 15 is 0 Å². The number of aryl methyl sites for hydroxylation is 1. The molecule has 3 atom stereocenters. The van der Waals surface area contributed by atoms with E-state index in [2.05, 4.69) is 0 Å². The van der Waals surface area contributed by atoms with Crippen molar-refractivity contribution in [2.75, 3.05) is 57.4 Å². The van der Waals surface area contributed by atoms with Gasteiger partial charge in [-0.1, -0.05) is 73.2 Å². The first-order chi connectivity index (χ1) is 30.1. The lowest BCUT2D eigenvalue weighted by Gasteiger charge is -2.30. The van der Waals surface area contributed by atoms with Crippen LogP contribution in [-0.2, 0) is 48.0 Å². The molecule has 0 aliphatic heterocycles. The van der Waals surface area contributed by atoms with E-state index in [4.69, 9.17) is 23.3 Å². The smallest absolute Gasteiger partial charge is 0.379 e. The molecule has 342 valence electrons. The molecular weight excluding hydrogens is 879 g/mol. The zero-order valence-corrected chi connectivity index (χ0v) is 41.1. The van der Waals surface area contributed by atoms with Crippen LogP contribution in [0.25, 0.3) is 0 Å². The standard InChI is InChI=1S/C48H63O11P2S2/c1-8-48(32-55-7,34-57-45(50)31-63-29-38-21-22-42(36(5)27-38)46(51)60(53,58-9-2)40-17-13-11-14-18-40)33-56-44(49)23-24-62-30-39-25-35(4)26-43(37(6)28-39)47(52)61(54,59-10-3)41-19-15-12-16-20-41/h11,13-15,17-22,25,27-28,53H,8-10,12,16,23-24,26,29-34H2,1-7H3/q+1. The van der Waals surface area contributed by atoms with E-state index in [1.165, 1.54) is 11.8 Å². The van der Waals surface area contributed by atoms with Crippen molar-refractivity contribution in [1.82, 2.24) is 0 Å². The summed E-state index contributed by atoms with van der Waals surface area (Å²) in [4.78, 5) is 64.6. The number of carbonyl (C=O) groups excluding carboxylic acids is 4. The van der Waals surface area contributed by atoms with Crippen LogP contribution in [0.4, 0.5) is 0 Å². The maximum Gasteiger partial charge on any atom is 0.379 e. The topological polar surface area (TPSA) is 152 Å². The summed E-state index contributed by atoms with van der Waals surface area (Å²) in [5.41, 5.74) is 3.62. The molecule has 0 aromatic heterocycles. The van der Waals surface area contributed by atoms with Gasteiger partial charge in [0, 0.05) is 35.3 Å². The van der Waals surface area contributed by atoms with Gasteiger partial charge in [-0.25, -0.2) is 9.69 Å². The molecule has 0 spiro atoms. The summed E-state index contributed by atoms with van der Waals surface area (Å²) in [5.74, 6) is 0.936. The molecule has 0 bridgehead atoms. The first-order valence-electron chi connectivity index (χ1n) is 21.3. The van der Waals surface area contributed by atoms with Crippen molar-refractivity contribution in [3.63, 3.8) is 0 Å². The molecule has 0 saturated heterocycles. The number of hydrogen-bond donors (Lipinski definition) is 1. The van der Waals surface area contributed by atoms with E-state index in [1.807, 2.05) is 70.2 Å². The van der Waals surface area contributed by atoms with Gasteiger partial charge >= 0.3 is 25.2 Å². The molecular formula is C48H63O11P2S2+. The molecule has 11 nitrogen and oxygen atoms in total. The third-order valence-electron chi connectivity index (χ3n) is 10.6. The van der Waals surface area contributed by atoms with Crippen molar-refractivity contribution in [2.24, 2.45) is 5.41 Å². The first-order valence-corrected chi connectivity index (χ1v) is 26.9. The SMILES string of the molecule is CCOP(=O)(C(=O)C1=C(C)C=C(CSCCC(=O)OCC(CC)(COC)COC(=O)CSCc2ccc(C(=O)[P+](O)(OCC)c3ccccc3)c(C)c2)C=C(C)C1)C1=CCCC=C1. The van der Waals surface area contributed by atoms with Gasteiger partial charge in [0.05, 0.1) is 43.0 Å². The summed E-state index contributed by atoms with van der Waals surface area (Å²) in [6, 6.07) is 14.1. The Balaban J connectivity index is 1.24.